The van der Waals surface area contributed by atoms with Gasteiger partial charge in [-0.05, 0) is 52.9 Å². The van der Waals surface area contributed by atoms with Crippen molar-refractivity contribution in [2.24, 2.45) is 11.8 Å². The fourth-order valence-corrected chi connectivity index (χ4v) is 3.98. The third kappa shape index (κ3) is 3.57. The molecule has 0 aromatic carbocycles. The van der Waals surface area contributed by atoms with Gasteiger partial charge in [-0.1, -0.05) is 39.5 Å². The van der Waals surface area contributed by atoms with Crippen molar-refractivity contribution in [3.63, 3.8) is 0 Å². The van der Waals surface area contributed by atoms with Gasteiger partial charge in [-0.15, -0.1) is 0 Å². The Labute approximate surface area is 125 Å². The van der Waals surface area contributed by atoms with E-state index >= 15 is 0 Å². The van der Waals surface area contributed by atoms with Crippen LogP contribution in [0.2, 0.25) is 0 Å². The van der Waals surface area contributed by atoms with Crippen molar-refractivity contribution in [3.8, 4) is 0 Å². The first-order valence-corrected chi connectivity index (χ1v) is 8.41. The van der Waals surface area contributed by atoms with Crippen molar-refractivity contribution in [3.05, 3.63) is 28.5 Å². The van der Waals surface area contributed by atoms with Crippen LogP contribution in [0.4, 0.5) is 0 Å². The summed E-state index contributed by atoms with van der Waals surface area (Å²) in [5.74, 6) is 1.57. The topological polar surface area (TPSA) is 24.9 Å². The highest BCUT2D eigenvalue weighted by Crippen LogP contribution is 2.41. The summed E-state index contributed by atoms with van der Waals surface area (Å²) in [5, 5.41) is 3.68. The van der Waals surface area contributed by atoms with E-state index in [0.717, 1.165) is 22.9 Å². The van der Waals surface area contributed by atoms with E-state index in [1.54, 1.807) is 0 Å². The second kappa shape index (κ2) is 7.39. The van der Waals surface area contributed by atoms with Gasteiger partial charge in [0.25, 0.3) is 0 Å². The number of aromatic nitrogens is 1. The monoisotopic (exact) mass is 324 g/mol. The molecule has 0 bridgehead atoms. The van der Waals surface area contributed by atoms with E-state index in [0.29, 0.717) is 6.04 Å². The van der Waals surface area contributed by atoms with E-state index in [2.05, 4.69) is 46.1 Å². The molecule has 0 radical (unpaired) electrons. The van der Waals surface area contributed by atoms with Crippen LogP contribution in [0.1, 0.15) is 57.7 Å². The van der Waals surface area contributed by atoms with Crippen LogP contribution in [0, 0.1) is 11.8 Å². The lowest BCUT2D eigenvalue weighted by atomic mass is 9.73. The van der Waals surface area contributed by atoms with Crippen LogP contribution >= 0.6 is 15.9 Å². The SMILES string of the molecule is CCNC(c1ncccc1Br)C1CCCCC1CC. The van der Waals surface area contributed by atoms with Crippen LogP contribution in [0.5, 0.6) is 0 Å². The van der Waals surface area contributed by atoms with Gasteiger partial charge in [-0.2, -0.15) is 0 Å². The molecule has 1 aliphatic carbocycles. The molecular formula is C16H25BrN2. The van der Waals surface area contributed by atoms with Crippen LogP contribution in [0.25, 0.3) is 0 Å². The van der Waals surface area contributed by atoms with Crippen LogP contribution in [-0.2, 0) is 0 Å². The Morgan fingerprint density at radius 3 is 2.84 bits per heavy atom. The van der Waals surface area contributed by atoms with E-state index in [9.17, 15) is 0 Å². The van der Waals surface area contributed by atoms with Crippen molar-refractivity contribution >= 4 is 15.9 Å². The third-order valence-electron chi connectivity index (χ3n) is 4.43. The predicted molar refractivity (Wildman–Crippen MR) is 84.1 cm³/mol. The molecule has 0 saturated heterocycles. The van der Waals surface area contributed by atoms with Crippen LogP contribution in [0.15, 0.2) is 22.8 Å². The number of pyridine rings is 1. The smallest absolute Gasteiger partial charge is 0.0717 e. The van der Waals surface area contributed by atoms with E-state index < -0.39 is 0 Å². The highest BCUT2D eigenvalue weighted by Gasteiger charge is 2.32. The molecule has 0 aliphatic heterocycles. The molecule has 19 heavy (non-hydrogen) atoms. The molecule has 1 aromatic heterocycles. The van der Waals surface area contributed by atoms with E-state index in [-0.39, 0.29) is 0 Å². The third-order valence-corrected chi connectivity index (χ3v) is 5.10. The van der Waals surface area contributed by atoms with Crippen molar-refractivity contribution in [1.29, 1.82) is 0 Å². The first-order chi connectivity index (χ1) is 9.27. The normalized spacial score (nSPS) is 25.2. The molecule has 1 aliphatic rings. The number of rotatable bonds is 5. The van der Waals surface area contributed by atoms with Gasteiger partial charge in [-0.3, -0.25) is 4.98 Å². The van der Waals surface area contributed by atoms with Gasteiger partial charge in [-0.25, -0.2) is 0 Å². The first kappa shape index (κ1) is 15.0. The molecule has 1 saturated carbocycles. The van der Waals surface area contributed by atoms with Gasteiger partial charge in [0.15, 0.2) is 0 Å². The zero-order chi connectivity index (χ0) is 13.7. The average molecular weight is 325 g/mol. The molecule has 2 nitrogen and oxygen atoms in total. The Hall–Kier alpha value is -0.410. The second-order valence-electron chi connectivity index (χ2n) is 5.52. The highest BCUT2D eigenvalue weighted by atomic mass is 79.9. The minimum atomic E-state index is 0.394. The standard InChI is InChI=1S/C16H25BrN2/c1-3-12-8-5-6-9-13(12)15(18-4-2)16-14(17)10-7-11-19-16/h7,10-13,15,18H,3-6,8-9H2,1-2H3. The van der Waals surface area contributed by atoms with Gasteiger partial charge in [0, 0.05) is 10.7 Å². The number of hydrogen-bond donors (Lipinski definition) is 1. The molecule has 0 amide bonds. The number of nitrogens with zero attached hydrogens (tertiary/aromatic N) is 1. The second-order valence-corrected chi connectivity index (χ2v) is 6.38. The highest BCUT2D eigenvalue weighted by molar-refractivity contribution is 9.10. The maximum absolute atomic E-state index is 4.63. The molecule has 106 valence electrons. The fourth-order valence-electron chi connectivity index (χ4n) is 3.48. The summed E-state index contributed by atoms with van der Waals surface area (Å²) in [6.07, 6.45) is 8.68. The number of nitrogens with one attached hydrogen (secondary N) is 1. The molecule has 2 rings (SSSR count). The predicted octanol–water partition coefficient (Wildman–Crippen LogP) is 4.71. The summed E-state index contributed by atoms with van der Waals surface area (Å²) >= 11 is 3.67. The minimum Gasteiger partial charge on any atom is -0.309 e. The maximum atomic E-state index is 4.63. The summed E-state index contributed by atoms with van der Waals surface area (Å²) in [5.41, 5.74) is 1.19. The van der Waals surface area contributed by atoms with Gasteiger partial charge in [0.2, 0.25) is 0 Å². The molecule has 3 atom stereocenters. The van der Waals surface area contributed by atoms with E-state index in [1.165, 1.54) is 37.8 Å². The van der Waals surface area contributed by atoms with Crippen molar-refractivity contribution < 1.29 is 0 Å². The summed E-state index contributed by atoms with van der Waals surface area (Å²) in [7, 11) is 0. The summed E-state index contributed by atoms with van der Waals surface area (Å²) in [6.45, 7) is 5.52. The molecule has 3 heteroatoms. The Morgan fingerprint density at radius 2 is 2.16 bits per heavy atom. The van der Waals surface area contributed by atoms with Crippen LogP contribution in [0.3, 0.4) is 0 Å². The van der Waals surface area contributed by atoms with Gasteiger partial charge >= 0.3 is 0 Å². The quantitative estimate of drug-likeness (QED) is 0.848. The Balaban J connectivity index is 2.26. The Kier molecular flexibility index (Phi) is 5.83. The maximum Gasteiger partial charge on any atom is 0.0717 e. The van der Waals surface area contributed by atoms with Crippen LogP contribution in [-0.4, -0.2) is 11.5 Å². The van der Waals surface area contributed by atoms with Gasteiger partial charge in [0.1, 0.15) is 0 Å². The van der Waals surface area contributed by atoms with Gasteiger partial charge < -0.3 is 5.32 Å². The van der Waals surface area contributed by atoms with Gasteiger partial charge in [0.05, 0.1) is 11.7 Å². The Morgan fingerprint density at radius 1 is 1.37 bits per heavy atom. The average Bonchev–Trinajstić information content (AvgIpc) is 2.46. The fraction of sp³-hybridized carbons (Fsp3) is 0.688. The van der Waals surface area contributed by atoms with Crippen LogP contribution < -0.4 is 5.32 Å². The lowest BCUT2D eigenvalue weighted by Crippen LogP contribution is -2.35. The lowest BCUT2D eigenvalue weighted by Gasteiger charge is -2.37. The molecule has 1 fully saturated rings. The minimum absolute atomic E-state index is 0.394. The molecule has 3 unspecified atom stereocenters. The first-order valence-electron chi connectivity index (χ1n) is 7.61. The summed E-state index contributed by atoms with van der Waals surface area (Å²) < 4.78 is 1.14. The Bertz CT molecular complexity index is 394. The summed E-state index contributed by atoms with van der Waals surface area (Å²) in [6, 6.07) is 4.50. The molecule has 1 aromatic rings. The number of halogens is 1. The zero-order valence-corrected chi connectivity index (χ0v) is 13.6. The van der Waals surface area contributed by atoms with E-state index in [1.807, 2.05) is 12.3 Å². The number of hydrogen-bond acceptors (Lipinski definition) is 2. The largest absolute Gasteiger partial charge is 0.309 e. The molecule has 1 heterocycles. The van der Waals surface area contributed by atoms with Crippen molar-refractivity contribution in [1.82, 2.24) is 10.3 Å². The molecule has 0 spiro atoms. The zero-order valence-electron chi connectivity index (χ0n) is 12.0. The summed E-state index contributed by atoms with van der Waals surface area (Å²) in [4.78, 5) is 4.63. The molecule has 1 N–H and O–H groups in total. The van der Waals surface area contributed by atoms with E-state index in [4.69, 9.17) is 0 Å². The van der Waals surface area contributed by atoms with Crippen molar-refractivity contribution in [2.45, 2.75) is 52.0 Å². The van der Waals surface area contributed by atoms with Crippen molar-refractivity contribution in [2.75, 3.05) is 6.54 Å². The molecular weight excluding hydrogens is 300 g/mol. The lowest BCUT2D eigenvalue weighted by molar-refractivity contribution is 0.174.